The highest BCUT2D eigenvalue weighted by Gasteiger charge is 2.48. The molecule has 1 atom stereocenters. The van der Waals surface area contributed by atoms with Crippen LogP contribution in [0.1, 0.15) is 50.8 Å². The van der Waals surface area contributed by atoms with E-state index in [1.807, 2.05) is 6.07 Å². The van der Waals surface area contributed by atoms with Gasteiger partial charge in [-0.1, -0.05) is 26.8 Å². The van der Waals surface area contributed by atoms with Gasteiger partial charge in [0.15, 0.2) is 0 Å². The van der Waals surface area contributed by atoms with Gasteiger partial charge in [0, 0.05) is 17.3 Å². The fraction of sp³-hybridized carbons (Fsp3) is 0.533. The molecular weight excluding hydrogens is 208 g/mol. The lowest BCUT2D eigenvalue weighted by atomic mass is 9.76. The zero-order chi connectivity index (χ0) is 12.3. The predicted molar refractivity (Wildman–Crippen MR) is 72.5 cm³/mol. The van der Waals surface area contributed by atoms with Crippen molar-refractivity contribution < 1.29 is 0 Å². The van der Waals surface area contributed by atoms with Gasteiger partial charge in [0.25, 0.3) is 0 Å². The van der Waals surface area contributed by atoms with Gasteiger partial charge in [0.05, 0.1) is 6.04 Å². The molecule has 1 aromatic rings. The molecule has 2 nitrogen and oxygen atoms in total. The first-order valence-corrected chi connectivity index (χ1v) is 6.37. The second-order valence-electron chi connectivity index (χ2n) is 6.55. The average Bonchev–Trinajstić information content (AvgIpc) is 2.97. The van der Waals surface area contributed by atoms with Crippen LogP contribution in [0.2, 0.25) is 0 Å². The first-order valence-electron chi connectivity index (χ1n) is 6.37. The van der Waals surface area contributed by atoms with Crippen LogP contribution in [0.4, 0.5) is 5.69 Å². The maximum Gasteiger partial charge on any atom is 0.0797 e. The summed E-state index contributed by atoms with van der Waals surface area (Å²) in [4.78, 5) is 4.82. The molecule has 2 heteroatoms. The minimum Gasteiger partial charge on any atom is -0.399 e. The Labute approximate surface area is 103 Å². The molecule has 90 valence electrons. The van der Waals surface area contributed by atoms with Crippen molar-refractivity contribution in [2.45, 2.75) is 45.1 Å². The van der Waals surface area contributed by atoms with Crippen LogP contribution in [0.25, 0.3) is 0 Å². The molecule has 2 aliphatic rings. The number of benzene rings is 1. The van der Waals surface area contributed by atoms with Crippen molar-refractivity contribution in [1.82, 2.24) is 0 Å². The molecule has 1 saturated carbocycles. The van der Waals surface area contributed by atoms with Gasteiger partial charge in [0.1, 0.15) is 0 Å². The predicted octanol–water partition coefficient (Wildman–Crippen LogP) is 3.47. The second kappa shape index (κ2) is 3.12. The molecule has 3 rings (SSSR count). The summed E-state index contributed by atoms with van der Waals surface area (Å²) in [6.45, 7) is 6.73. The zero-order valence-corrected chi connectivity index (χ0v) is 10.8. The first-order chi connectivity index (χ1) is 7.92. The lowest BCUT2D eigenvalue weighted by Crippen LogP contribution is -2.26. The highest BCUT2D eigenvalue weighted by molar-refractivity contribution is 5.81. The van der Waals surface area contributed by atoms with Crippen LogP contribution >= 0.6 is 0 Å². The zero-order valence-electron chi connectivity index (χ0n) is 10.8. The third-order valence-corrected chi connectivity index (χ3v) is 3.99. The standard InChI is InChI=1S/C15H20N2/c1-14(2,3)13-11-8-10(16)4-5-12(11)15(6-7-15)9-17-13/h4-5,8-9,13H,6-7,16H2,1-3H3. The molecule has 0 radical (unpaired) electrons. The van der Waals surface area contributed by atoms with Crippen LogP contribution < -0.4 is 5.73 Å². The van der Waals surface area contributed by atoms with E-state index in [9.17, 15) is 0 Å². The highest BCUT2D eigenvalue weighted by Crippen LogP contribution is 2.54. The van der Waals surface area contributed by atoms with Gasteiger partial charge in [-0.25, -0.2) is 0 Å². The minimum atomic E-state index is 0.148. The lowest BCUT2D eigenvalue weighted by molar-refractivity contribution is 0.324. The normalized spacial score (nSPS) is 24.8. The molecular formula is C15H20N2. The van der Waals surface area contributed by atoms with E-state index in [4.69, 9.17) is 10.7 Å². The lowest BCUT2D eigenvalue weighted by Gasteiger charge is -2.34. The number of nitrogens with two attached hydrogens (primary N) is 1. The number of anilines is 1. The summed E-state index contributed by atoms with van der Waals surface area (Å²) in [5.41, 5.74) is 10.0. The second-order valence-corrected chi connectivity index (χ2v) is 6.55. The molecule has 0 amide bonds. The molecule has 1 heterocycles. The fourth-order valence-corrected chi connectivity index (χ4v) is 2.85. The van der Waals surface area contributed by atoms with Crippen molar-refractivity contribution in [2.75, 3.05) is 5.73 Å². The molecule has 1 aliphatic carbocycles. The Kier molecular flexibility index (Phi) is 1.99. The summed E-state index contributed by atoms with van der Waals surface area (Å²) < 4.78 is 0. The van der Waals surface area contributed by atoms with Crippen LogP contribution in [0.15, 0.2) is 23.2 Å². The number of aliphatic imine (C=N–C) groups is 1. The molecule has 2 N–H and O–H groups in total. The van der Waals surface area contributed by atoms with Gasteiger partial charge < -0.3 is 5.73 Å². The maximum absolute atomic E-state index is 5.94. The third-order valence-electron chi connectivity index (χ3n) is 3.99. The number of fused-ring (bicyclic) bond motifs is 2. The van der Waals surface area contributed by atoms with E-state index >= 15 is 0 Å². The van der Waals surface area contributed by atoms with Crippen molar-refractivity contribution in [3.63, 3.8) is 0 Å². The maximum atomic E-state index is 5.94. The Morgan fingerprint density at radius 1 is 1.29 bits per heavy atom. The van der Waals surface area contributed by atoms with Gasteiger partial charge in [-0.15, -0.1) is 0 Å². The SMILES string of the molecule is CC(C)(C)C1N=CC2(CC2)c2ccc(N)cc21. The van der Waals surface area contributed by atoms with E-state index < -0.39 is 0 Å². The molecule has 0 saturated heterocycles. The minimum absolute atomic E-state index is 0.148. The van der Waals surface area contributed by atoms with E-state index in [0.29, 0.717) is 0 Å². The molecule has 1 spiro atoms. The molecule has 0 aromatic heterocycles. The molecule has 1 aromatic carbocycles. The van der Waals surface area contributed by atoms with Crippen LogP contribution in [-0.2, 0) is 5.41 Å². The van der Waals surface area contributed by atoms with Crippen LogP contribution in [0.5, 0.6) is 0 Å². The van der Waals surface area contributed by atoms with E-state index in [0.717, 1.165) is 5.69 Å². The van der Waals surface area contributed by atoms with Crippen LogP contribution in [0, 0.1) is 5.41 Å². The van der Waals surface area contributed by atoms with Crippen molar-refractivity contribution in [3.8, 4) is 0 Å². The van der Waals surface area contributed by atoms with E-state index in [1.54, 1.807) is 0 Å². The number of rotatable bonds is 0. The van der Waals surface area contributed by atoms with Crippen LogP contribution in [-0.4, -0.2) is 6.21 Å². The van der Waals surface area contributed by atoms with Crippen molar-refractivity contribution in [1.29, 1.82) is 0 Å². The van der Waals surface area contributed by atoms with Gasteiger partial charge in [-0.2, -0.15) is 0 Å². The molecule has 1 aliphatic heterocycles. The molecule has 0 bridgehead atoms. The molecule has 1 unspecified atom stereocenters. The van der Waals surface area contributed by atoms with Gasteiger partial charge in [-0.05, 0) is 41.5 Å². The quantitative estimate of drug-likeness (QED) is 0.678. The summed E-state index contributed by atoms with van der Waals surface area (Å²) in [5.74, 6) is 0. The van der Waals surface area contributed by atoms with E-state index in [1.165, 1.54) is 24.0 Å². The summed E-state index contributed by atoms with van der Waals surface area (Å²) in [5, 5.41) is 0. The number of hydrogen-bond acceptors (Lipinski definition) is 2. The Hall–Kier alpha value is -1.31. The summed E-state index contributed by atoms with van der Waals surface area (Å²) in [7, 11) is 0. The average molecular weight is 228 g/mol. The monoisotopic (exact) mass is 228 g/mol. The highest BCUT2D eigenvalue weighted by atomic mass is 14.8. The first kappa shape index (κ1) is 10.8. The Morgan fingerprint density at radius 2 is 2.00 bits per heavy atom. The topological polar surface area (TPSA) is 38.4 Å². The Morgan fingerprint density at radius 3 is 2.59 bits per heavy atom. The smallest absolute Gasteiger partial charge is 0.0797 e. The van der Waals surface area contributed by atoms with Gasteiger partial charge in [-0.3, -0.25) is 4.99 Å². The number of nitrogens with zero attached hydrogens (tertiary/aromatic N) is 1. The Balaban J connectivity index is 2.17. The molecule has 17 heavy (non-hydrogen) atoms. The van der Waals surface area contributed by atoms with E-state index in [2.05, 4.69) is 39.1 Å². The largest absolute Gasteiger partial charge is 0.399 e. The van der Waals surface area contributed by atoms with Crippen molar-refractivity contribution in [3.05, 3.63) is 29.3 Å². The third kappa shape index (κ3) is 1.58. The number of nitrogen functional groups attached to an aromatic ring is 1. The van der Waals surface area contributed by atoms with Gasteiger partial charge in [0.2, 0.25) is 0 Å². The summed E-state index contributed by atoms with van der Waals surface area (Å²) in [6, 6.07) is 6.61. The van der Waals surface area contributed by atoms with Crippen molar-refractivity contribution in [2.24, 2.45) is 10.4 Å². The Bertz CT molecular complexity index is 490. The summed E-state index contributed by atoms with van der Waals surface area (Å²) in [6.07, 6.45) is 4.68. The van der Waals surface area contributed by atoms with Crippen molar-refractivity contribution >= 4 is 11.9 Å². The number of hydrogen-bond donors (Lipinski definition) is 1. The van der Waals surface area contributed by atoms with Gasteiger partial charge >= 0.3 is 0 Å². The summed E-state index contributed by atoms with van der Waals surface area (Å²) >= 11 is 0. The fourth-order valence-electron chi connectivity index (χ4n) is 2.85. The van der Waals surface area contributed by atoms with Crippen LogP contribution in [0.3, 0.4) is 0 Å². The van der Waals surface area contributed by atoms with E-state index in [-0.39, 0.29) is 16.9 Å². The molecule has 1 fully saturated rings.